The molecule has 1 aromatic carbocycles. The Kier molecular flexibility index (Phi) is 5.17. The predicted molar refractivity (Wildman–Crippen MR) is 97.5 cm³/mol. The molecule has 0 unspecified atom stereocenters. The van der Waals surface area contributed by atoms with E-state index in [1.165, 1.54) is 5.56 Å². The Bertz CT molecular complexity index is 940. The molecule has 6 heteroatoms. The van der Waals surface area contributed by atoms with Crippen LogP contribution in [0.3, 0.4) is 0 Å². The van der Waals surface area contributed by atoms with E-state index in [1.54, 1.807) is 4.90 Å². The third kappa shape index (κ3) is 3.25. The van der Waals surface area contributed by atoms with Crippen molar-refractivity contribution in [2.24, 2.45) is 0 Å². The van der Waals surface area contributed by atoms with Gasteiger partial charge in [0.2, 0.25) is 5.91 Å². The first kappa shape index (κ1) is 17.9. The van der Waals surface area contributed by atoms with Crippen LogP contribution in [-0.4, -0.2) is 27.1 Å². The summed E-state index contributed by atoms with van der Waals surface area (Å²) in [6, 6.07) is 10.1. The predicted octanol–water partition coefficient (Wildman–Crippen LogP) is 1.82. The van der Waals surface area contributed by atoms with Gasteiger partial charge in [0.25, 0.3) is 5.56 Å². The molecular formula is C20H22N4O2. The molecule has 1 aliphatic rings. The number of hydrogen-bond donors (Lipinski definition) is 0. The Morgan fingerprint density at radius 1 is 1.23 bits per heavy atom. The number of rotatable bonds is 4. The van der Waals surface area contributed by atoms with Gasteiger partial charge < -0.3 is 4.90 Å². The maximum Gasteiger partial charge on any atom is 0.285 e. The number of benzene rings is 1. The van der Waals surface area contributed by atoms with Gasteiger partial charge in [-0.25, -0.2) is 4.68 Å². The van der Waals surface area contributed by atoms with Crippen molar-refractivity contribution in [3.8, 4) is 6.07 Å². The summed E-state index contributed by atoms with van der Waals surface area (Å²) in [6.07, 6.45) is 2.00. The monoisotopic (exact) mass is 350 g/mol. The summed E-state index contributed by atoms with van der Waals surface area (Å²) < 4.78 is 1.15. The Morgan fingerprint density at radius 2 is 1.96 bits per heavy atom. The molecule has 1 aliphatic heterocycles. The second-order valence-corrected chi connectivity index (χ2v) is 6.42. The van der Waals surface area contributed by atoms with E-state index in [0.717, 1.165) is 16.7 Å². The molecule has 0 saturated heterocycles. The molecule has 1 aromatic heterocycles. The molecule has 0 saturated carbocycles. The first-order valence-electron chi connectivity index (χ1n) is 8.96. The fourth-order valence-corrected chi connectivity index (χ4v) is 3.48. The lowest BCUT2D eigenvalue weighted by molar-refractivity contribution is -0.133. The van der Waals surface area contributed by atoms with Crippen LogP contribution in [0.4, 0.5) is 0 Å². The molecule has 0 fully saturated rings. The summed E-state index contributed by atoms with van der Waals surface area (Å²) in [4.78, 5) is 27.1. The maximum atomic E-state index is 12.7. The zero-order valence-corrected chi connectivity index (χ0v) is 15.2. The minimum atomic E-state index is -0.479. The van der Waals surface area contributed by atoms with Crippen LogP contribution in [0.2, 0.25) is 0 Å². The van der Waals surface area contributed by atoms with Gasteiger partial charge in [-0.15, -0.1) is 0 Å². The van der Waals surface area contributed by atoms with Gasteiger partial charge in [0, 0.05) is 13.1 Å². The van der Waals surface area contributed by atoms with Crippen molar-refractivity contribution in [2.45, 2.75) is 46.2 Å². The molecule has 134 valence electrons. The molecule has 6 nitrogen and oxygen atoms in total. The summed E-state index contributed by atoms with van der Waals surface area (Å²) in [7, 11) is 0. The molecular weight excluding hydrogens is 328 g/mol. The van der Waals surface area contributed by atoms with Crippen molar-refractivity contribution in [1.29, 1.82) is 5.26 Å². The number of aromatic nitrogens is 2. The van der Waals surface area contributed by atoms with Gasteiger partial charge in [-0.2, -0.15) is 10.4 Å². The number of nitrogens with zero attached hydrogens (tertiary/aromatic N) is 4. The number of aryl methyl sites for hydroxylation is 1. The highest BCUT2D eigenvalue weighted by molar-refractivity contribution is 5.76. The second-order valence-electron chi connectivity index (χ2n) is 6.42. The van der Waals surface area contributed by atoms with E-state index in [4.69, 9.17) is 0 Å². The van der Waals surface area contributed by atoms with Gasteiger partial charge in [-0.3, -0.25) is 9.59 Å². The van der Waals surface area contributed by atoms with Gasteiger partial charge in [0.1, 0.15) is 18.2 Å². The number of hydrogen-bond acceptors (Lipinski definition) is 4. The average Bonchev–Trinajstić information content (AvgIpc) is 2.68. The molecule has 0 N–H and O–H groups in total. The van der Waals surface area contributed by atoms with E-state index in [9.17, 15) is 14.9 Å². The highest BCUT2D eigenvalue weighted by Gasteiger charge is 2.22. The van der Waals surface area contributed by atoms with E-state index in [0.29, 0.717) is 37.2 Å². The second kappa shape index (κ2) is 7.52. The number of amides is 1. The molecule has 1 amide bonds. The van der Waals surface area contributed by atoms with Gasteiger partial charge in [0.05, 0.1) is 5.69 Å². The van der Waals surface area contributed by atoms with Gasteiger partial charge >= 0.3 is 0 Å². The highest BCUT2D eigenvalue weighted by Crippen LogP contribution is 2.18. The van der Waals surface area contributed by atoms with Crippen LogP contribution in [0.25, 0.3) is 0 Å². The molecule has 0 aliphatic carbocycles. The quantitative estimate of drug-likeness (QED) is 0.843. The molecule has 0 bridgehead atoms. The summed E-state index contributed by atoms with van der Waals surface area (Å²) in [5.74, 6) is -0.149. The molecule has 0 spiro atoms. The van der Waals surface area contributed by atoms with E-state index < -0.39 is 5.56 Å². The minimum absolute atomic E-state index is 0.108. The lowest BCUT2D eigenvalue weighted by Crippen LogP contribution is -2.41. The molecule has 26 heavy (non-hydrogen) atoms. The number of nitriles is 1. The Balaban J connectivity index is 1.87. The van der Waals surface area contributed by atoms with Crippen LogP contribution in [0.5, 0.6) is 0 Å². The van der Waals surface area contributed by atoms with Crippen molar-refractivity contribution < 1.29 is 4.79 Å². The van der Waals surface area contributed by atoms with Crippen molar-refractivity contribution in [3.63, 3.8) is 0 Å². The summed E-state index contributed by atoms with van der Waals surface area (Å²) in [5, 5.41) is 13.7. The van der Waals surface area contributed by atoms with Gasteiger partial charge in [0.15, 0.2) is 0 Å². The Hall–Kier alpha value is -2.94. The lowest BCUT2D eigenvalue weighted by atomic mass is 10.00. The van der Waals surface area contributed by atoms with Crippen LogP contribution in [0.15, 0.2) is 29.1 Å². The van der Waals surface area contributed by atoms with E-state index in [2.05, 4.69) is 11.2 Å². The van der Waals surface area contributed by atoms with Crippen molar-refractivity contribution in [2.75, 3.05) is 6.54 Å². The van der Waals surface area contributed by atoms with Crippen LogP contribution in [-0.2, 0) is 37.1 Å². The lowest BCUT2D eigenvalue weighted by Gasteiger charge is -2.29. The number of carbonyl (C=O) groups excluding carboxylic acids is 1. The first-order valence-corrected chi connectivity index (χ1v) is 8.96. The normalized spacial score (nSPS) is 13.2. The minimum Gasteiger partial charge on any atom is -0.336 e. The smallest absolute Gasteiger partial charge is 0.285 e. The van der Waals surface area contributed by atoms with Gasteiger partial charge in [-0.05, 0) is 36.0 Å². The van der Waals surface area contributed by atoms with Crippen LogP contribution >= 0.6 is 0 Å². The van der Waals surface area contributed by atoms with Crippen molar-refractivity contribution >= 4 is 5.91 Å². The fraction of sp³-hybridized carbons (Fsp3) is 0.400. The standard InChI is InChI=1S/C20H22N4O2/c1-3-16-17(11-21)20(26)24(22-18(16)4-2)13-19(25)23-10-9-14-7-5-6-8-15(14)12-23/h5-8H,3-4,9-10,12-13H2,1-2H3. The zero-order chi connectivity index (χ0) is 18.7. The van der Waals surface area contributed by atoms with Crippen molar-refractivity contribution in [1.82, 2.24) is 14.7 Å². The Morgan fingerprint density at radius 3 is 2.62 bits per heavy atom. The first-order chi connectivity index (χ1) is 12.6. The van der Waals surface area contributed by atoms with E-state index >= 15 is 0 Å². The summed E-state index contributed by atoms with van der Waals surface area (Å²) in [5.41, 5.74) is 3.43. The van der Waals surface area contributed by atoms with E-state index in [-0.39, 0.29) is 18.0 Å². The fourth-order valence-electron chi connectivity index (χ4n) is 3.48. The maximum absolute atomic E-state index is 12.7. The topological polar surface area (TPSA) is 79.0 Å². The highest BCUT2D eigenvalue weighted by atomic mass is 16.2. The third-order valence-electron chi connectivity index (χ3n) is 4.91. The summed E-state index contributed by atoms with van der Waals surface area (Å²) in [6.45, 7) is 4.87. The third-order valence-corrected chi connectivity index (χ3v) is 4.91. The summed E-state index contributed by atoms with van der Waals surface area (Å²) >= 11 is 0. The van der Waals surface area contributed by atoms with Gasteiger partial charge in [-0.1, -0.05) is 38.1 Å². The largest absolute Gasteiger partial charge is 0.336 e. The van der Waals surface area contributed by atoms with Crippen LogP contribution < -0.4 is 5.56 Å². The molecule has 2 heterocycles. The van der Waals surface area contributed by atoms with Crippen LogP contribution in [0.1, 0.15) is 41.8 Å². The van der Waals surface area contributed by atoms with E-state index in [1.807, 2.05) is 38.1 Å². The number of fused-ring (bicyclic) bond motifs is 1. The molecule has 0 radical (unpaired) electrons. The molecule has 0 atom stereocenters. The SMILES string of the molecule is CCc1nn(CC(=O)N2CCc3ccccc3C2)c(=O)c(C#N)c1CC. The van der Waals surface area contributed by atoms with Crippen molar-refractivity contribution in [3.05, 3.63) is 62.6 Å². The Labute approximate surface area is 152 Å². The zero-order valence-electron chi connectivity index (χ0n) is 15.2. The number of carbonyl (C=O) groups is 1. The average molecular weight is 350 g/mol. The van der Waals surface area contributed by atoms with Crippen LogP contribution in [0, 0.1) is 11.3 Å². The molecule has 2 aromatic rings. The molecule has 3 rings (SSSR count).